The molecule has 1 fully saturated rings. The second-order valence-electron chi connectivity index (χ2n) is 9.32. The van der Waals surface area contributed by atoms with Crippen molar-refractivity contribution in [3.05, 3.63) is 71.3 Å². The van der Waals surface area contributed by atoms with Crippen LogP contribution in [0.4, 0.5) is 4.79 Å². The fourth-order valence-corrected chi connectivity index (χ4v) is 5.15. The second-order valence-corrected chi connectivity index (χ2v) is 9.32. The van der Waals surface area contributed by atoms with E-state index in [1.54, 1.807) is 0 Å². The van der Waals surface area contributed by atoms with Gasteiger partial charge in [-0.15, -0.1) is 0 Å². The summed E-state index contributed by atoms with van der Waals surface area (Å²) in [6.45, 7) is 1.92. The van der Waals surface area contributed by atoms with Crippen molar-refractivity contribution in [2.45, 2.75) is 51.0 Å². The van der Waals surface area contributed by atoms with Crippen LogP contribution in [0.25, 0.3) is 11.1 Å². The van der Waals surface area contributed by atoms with Crippen LogP contribution in [0, 0.1) is 5.92 Å². The number of nitrogens with one attached hydrogen (secondary N) is 2. The predicted octanol–water partition coefficient (Wildman–Crippen LogP) is 4.62. The molecular weight excluding hydrogens is 444 g/mol. The maximum atomic E-state index is 12.7. The van der Waals surface area contributed by atoms with E-state index in [-0.39, 0.29) is 48.9 Å². The Morgan fingerprint density at radius 2 is 1.63 bits per heavy atom. The molecule has 2 aliphatic carbocycles. The van der Waals surface area contributed by atoms with Crippen LogP contribution in [0.1, 0.15) is 56.1 Å². The van der Waals surface area contributed by atoms with Gasteiger partial charge in [-0.1, -0.05) is 67.4 Å². The predicted molar refractivity (Wildman–Crippen MR) is 133 cm³/mol. The van der Waals surface area contributed by atoms with E-state index < -0.39 is 12.1 Å². The minimum absolute atomic E-state index is 0.00314. The van der Waals surface area contributed by atoms with Gasteiger partial charge in [0.25, 0.3) is 0 Å². The third-order valence-electron chi connectivity index (χ3n) is 7.05. The number of amides is 2. The monoisotopic (exact) mass is 476 g/mol. The van der Waals surface area contributed by atoms with Gasteiger partial charge in [0, 0.05) is 30.5 Å². The Bertz CT molecular complexity index is 1080. The van der Waals surface area contributed by atoms with E-state index in [9.17, 15) is 14.4 Å². The number of carbonyl (C=O) groups excluding carboxylic acids is 2. The summed E-state index contributed by atoms with van der Waals surface area (Å²) in [7, 11) is 0. The highest BCUT2D eigenvalue weighted by Gasteiger charge is 2.31. The molecule has 0 bridgehead atoms. The first-order valence-electron chi connectivity index (χ1n) is 12.2. The fourth-order valence-electron chi connectivity index (χ4n) is 5.15. The molecule has 3 N–H and O–H groups in total. The summed E-state index contributed by atoms with van der Waals surface area (Å²) in [4.78, 5) is 36.0. The molecule has 35 heavy (non-hydrogen) atoms. The zero-order valence-electron chi connectivity index (χ0n) is 20.0. The zero-order valence-corrected chi connectivity index (χ0v) is 20.0. The molecule has 7 heteroatoms. The van der Waals surface area contributed by atoms with Crippen LogP contribution in [-0.2, 0) is 14.3 Å². The number of alkyl carbamates (subject to hydrolysis) is 1. The molecule has 2 amide bonds. The van der Waals surface area contributed by atoms with E-state index in [4.69, 9.17) is 9.84 Å². The van der Waals surface area contributed by atoms with Crippen LogP contribution in [-0.4, -0.2) is 42.3 Å². The van der Waals surface area contributed by atoms with Crippen LogP contribution in [0.2, 0.25) is 0 Å². The summed E-state index contributed by atoms with van der Waals surface area (Å²) in [5.74, 6) is -1.12. The van der Waals surface area contributed by atoms with Crippen molar-refractivity contribution >= 4 is 18.0 Å². The molecule has 184 valence electrons. The van der Waals surface area contributed by atoms with Crippen LogP contribution >= 0.6 is 0 Å². The lowest BCUT2D eigenvalue weighted by Crippen LogP contribution is -2.44. The molecule has 0 saturated heterocycles. The molecule has 0 spiro atoms. The molecule has 4 rings (SSSR count). The van der Waals surface area contributed by atoms with Crippen molar-refractivity contribution in [2.75, 3.05) is 13.2 Å². The molecule has 2 aromatic rings. The van der Waals surface area contributed by atoms with Gasteiger partial charge in [-0.2, -0.15) is 0 Å². The van der Waals surface area contributed by atoms with Crippen LogP contribution in [0.5, 0.6) is 0 Å². The van der Waals surface area contributed by atoms with Crippen molar-refractivity contribution in [3.63, 3.8) is 0 Å². The molecule has 0 unspecified atom stereocenters. The van der Waals surface area contributed by atoms with Crippen molar-refractivity contribution in [1.82, 2.24) is 10.6 Å². The Balaban J connectivity index is 1.31. The number of ether oxygens (including phenoxy) is 1. The van der Waals surface area contributed by atoms with Crippen molar-refractivity contribution in [3.8, 4) is 11.1 Å². The summed E-state index contributed by atoms with van der Waals surface area (Å²) >= 11 is 0. The molecular formula is C28H32N2O5. The highest BCUT2D eigenvalue weighted by atomic mass is 16.5. The molecule has 0 heterocycles. The smallest absolute Gasteiger partial charge is 0.407 e. The normalized spacial score (nSPS) is 19.4. The Morgan fingerprint density at radius 1 is 1.00 bits per heavy atom. The molecule has 0 radical (unpaired) electrons. The number of benzene rings is 2. The lowest BCUT2D eigenvalue weighted by atomic mass is 9.82. The van der Waals surface area contributed by atoms with Gasteiger partial charge in [-0.25, -0.2) is 9.59 Å². The van der Waals surface area contributed by atoms with Gasteiger partial charge in [0.15, 0.2) is 0 Å². The zero-order chi connectivity index (χ0) is 24.8. The second kappa shape index (κ2) is 11.2. The van der Waals surface area contributed by atoms with Crippen LogP contribution < -0.4 is 10.6 Å². The van der Waals surface area contributed by atoms with E-state index in [1.807, 2.05) is 24.3 Å². The average Bonchev–Trinajstić information content (AvgIpc) is 3.17. The quantitative estimate of drug-likeness (QED) is 0.482. The van der Waals surface area contributed by atoms with E-state index in [1.165, 1.54) is 35.3 Å². The van der Waals surface area contributed by atoms with Crippen LogP contribution in [0.3, 0.4) is 0 Å². The highest BCUT2D eigenvalue weighted by Crippen LogP contribution is 2.44. The minimum atomic E-state index is -1.00. The SMILES string of the molecule is C/C(=C\CNC(=O)C[C@@H]1CCCC[C@@H]1NC(=O)OCC1c2ccccc2-c2ccccc21)C(=O)O. The van der Waals surface area contributed by atoms with Gasteiger partial charge in [0.2, 0.25) is 5.91 Å². The van der Waals surface area contributed by atoms with Gasteiger partial charge < -0.3 is 20.5 Å². The number of carboxylic acid groups (broad SMARTS) is 1. The summed E-state index contributed by atoms with van der Waals surface area (Å²) in [6.07, 6.45) is 4.98. The number of carbonyl (C=O) groups is 3. The van der Waals surface area contributed by atoms with Gasteiger partial charge >= 0.3 is 12.1 Å². The Labute approximate surface area is 205 Å². The maximum absolute atomic E-state index is 12.7. The van der Waals surface area contributed by atoms with Crippen LogP contribution in [0.15, 0.2) is 60.2 Å². The molecule has 0 aromatic heterocycles. The van der Waals surface area contributed by atoms with E-state index in [2.05, 4.69) is 34.9 Å². The van der Waals surface area contributed by atoms with E-state index >= 15 is 0 Å². The Morgan fingerprint density at radius 3 is 2.29 bits per heavy atom. The number of fused-ring (bicyclic) bond motifs is 3. The molecule has 0 aliphatic heterocycles. The summed E-state index contributed by atoms with van der Waals surface area (Å²) in [5, 5.41) is 14.7. The third kappa shape index (κ3) is 5.91. The van der Waals surface area contributed by atoms with Gasteiger partial charge in [0.05, 0.1) is 0 Å². The number of aliphatic carboxylic acids is 1. The molecule has 1 saturated carbocycles. The third-order valence-corrected chi connectivity index (χ3v) is 7.05. The topological polar surface area (TPSA) is 105 Å². The fraction of sp³-hybridized carbons (Fsp3) is 0.393. The first-order valence-corrected chi connectivity index (χ1v) is 12.2. The Hall–Kier alpha value is -3.61. The number of rotatable bonds is 8. The lowest BCUT2D eigenvalue weighted by molar-refractivity contribution is -0.132. The average molecular weight is 477 g/mol. The number of carboxylic acids is 1. The standard InChI is InChI=1S/C28H32N2O5/c1-18(27(32)33)14-15-29-26(31)16-19-8-2-7-13-25(19)30-28(34)35-17-24-22-11-5-3-9-20(22)21-10-4-6-12-23(21)24/h3-6,9-12,14,19,24-25H,2,7-8,13,15-17H2,1H3,(H,29,31)(H,30,34)(H,32,33)/b18-14+/t19-,25-/m0/s1. The minimum Gasteiger partial charge on any atom is -0.478 e. The molecule has 2 atom stereocenters. The summed E-state index contributed by atoms with van der Waals surface area (Å²) < 4.78 is 5.70. The molecule has 7 nitrogen and oxygen atoms in total. The first-order chi connectivity index (χ1) is 16.9. The van der Waals surface area contributed by atoms with Gasteiger partial charge in [0.1, 0.15) is 6.61 Å². The first kappa shape index (κ1) is 24.5. The van der Waals surface area contributed by atoms with Crippen molar-refractivity contribution in [2.24, 2.45) is 5.92 Å². The van der Waals surface area contributed by atoms with E-state index in [0.717, 1.165) is 25.7 Å². The largest absolute Gasteiger partial charge is 0.478 e. The van der Waals surface area contributed by atoms with Gasteiger partial charge in [-0.05, 0) is 47.9 Å². The lowest BCUT2D eigenvalue weighted by Gasteiger charge is -2.31. The molecule has 2 aromatic carbocycles. The maximum Gasteiger partial charge on any atom is 0.407 e. The number of hydrogen-bond donors (Lipinski definition) is 3. The molecule has 2 aliphatic rings. The number of hydrogen-bond acceptors (Lipinski definition) is 4. The van der Waals surface area contributed by atoms with Gasteiger partial charge in [-0.3, -0.25) is 4.79 Å². The Kier molecular flexibility index (Phi) is 7.85. The highest BCUT2D eigenvalue weighted by molar-refractivity contribution is 5.86. The summed E-state index contributed by atoms with van der Waals surface area (Å²) in [6, 6.07) is 16.3. The van der Waals surface area contributed by atoms with E-state index in [0.29, 0.717) is 0 Å². The van der Waals surface area contributed by atoms with Crippen molar-refractivity contribution < 1.29 is 24.2 Å². The summed E-state index contributed by atoms with van der Waals surface area (Å²) in [5.41, 5.74) is 4.90. The van der Waals surface area contributed by atoms with Crippen molar-refractivity contribution in [1.29, 1.82) is 0 Å².